The van der Waals surface area contributed by atoms with Crippen molar-refractivity contribution in [3.8, 4) is 17.2 Å². The molecule has 1 amide bonds. The first kappa shape index (κ1) is 26.2. The number of Topliss-reactive ketones (excluding diaryl/α,β-unsaturated/α-hetero) is 1. The normalized spacial score (nSPS) is 16.7. The molecule has 0 saturated carbocycles. The van der Waals surface area contributed by atoms with Crippen LogP contribution >= 0.6 is 15.9 Å². The molecule has 4 rings (SSSR count). The summed E-state index contributed by atoms with van der Waals surface area (Å²) in [4.78, 5) is 32.0. The highest BCUT2D eigenvalue weighted by molar-refractivity contribution is 9.10. The number of aromatic hydroxyl groups is 1. The first-order valence-corrected chi connectivity index (χ1v) is 12.6. The number of aliphatic hydroxyl groups is 1. The van der Waals surface area contributed by atoms with E-state index in [0.717, 1.165) is 18.4 Å². The molecule has 0 spiro atoms. The molecule has 1 saturated heterocycles. The molecule has 2 N–H and O–H groups in total. The Morgan fingerprint density at radius 2 is 1.89 bits per heavy atom. The van der Waals surface area contributed by atoms with Gasteiger partial charge in [0.1, 0.15) is 11.5 Å². The number of hydrogen-bond acceptors (Lipinski definition) is 7. The van der Waals surface area contributed by atoms with Gasteiger partial charge in [-0.15, -0.1) is 0 Å². The molecular weight excluding hydrogens is 540 g/mol. The van der Waals surface area contributed by atoms with Crippen LogP contribution < -0.4 is 9.47 Å². The molecule has 3 aromatic rings. The molecule has 0 aliphatic carbocycles. The van der Waals surface area contributed by atoms with E-state index in [9.17, 15) is 19.8 Å². The number of methoxy groups -OCH3 is 1. The number of ketones is 1. The van der Waals surface area contributed by atoms with E-state index >= 15 is 0 Å². The number of phenols is 1. The van der Waals surface area contributed by atoms with Gasteiger partial charge in [-0.2, -0.15) is 0 Å². The van der Waals surface area contributed by atoms with Crippen molar-refractivity contribution in [3.05, 3.63) is 87.7 Å². The first-order valence-electron chi connectivity index (χ1n) is 11.8. The molecule has 1 fully saturated rings. The lowest BCUT2D eigenvalue weighted by atomic mass is 9.94. The Bertz CT molecular complexity index is 1340. The Morgan fingerprint density at radius 1 is 1.14 bits per heavy atom. The molecule has 1 unspecified atom stereocenters. The van der Waals surface area contributed by atoms with E-state index in [-0.39, 0.29) is 29.4 Å². The second-order valence-electron chi connectivity index (χ2n) is 8.57. The van der Waals surface area contributed by atoms with Crippen LogP contribution in [0.5, 0.6) is 17.2 Å². The number of pyridine rings is 1. The predicted octanol–water partition coefficient (Wildman–Crippen LogP) is 5.36. The molecule has 0 radical (unpaired) electrons. The van der Waals surface area contributed by atoms with Gasteiger partial charge in [-0.05, 0) is 69.9 Å². The van der Waals surface area contributed by atoms with Gasteiger partial charge in [0, 0.05) is 24.5 Å². The number of halogens is 1. The second kappa shape index (κ2) is 11.5. The quantitative estimate of drug-likeness (QED) is 0.155. The summed E-state index contributed by atoms with van der Waals surface area (Å²) in [5.74, 6) is -1.28. The lowest BCUT2D eigenvalue weighted by Crippen LogP contribution is -2.29. The minimum Gasteiger partial charge on any atom is -0.507 e. The van der Waals surface area contributed by atoms with Crippen LogP contribution in [-0.2, 0) is 16.1 Å². The summed E-state index contributed by atoms with van der Waals surface area (Å²) in [6.45, 7) is 2.70. The van der Waals surface area contributed by atoms with Crippen molar-refractivity contribution in [2.75, 3.05) is 13.7 Å². The van der Waals surface area contributed by atoms with Gasteiger partial charge in [0.15, 0.2) is 11.5 Å². The number of rotatable bonds is 9. The fourth-order valence-corrected chi connectivity index (χ4v) is 4.66. The summed E-state index contributed by atoms with van der Waals surface area (Å²) in [6, 6.07) is 12.5. The number of aromatic nitrogens is 1. The topological polar surface area (TPSA) is 109 Å². The third-order valence-electron chi connectivity index (χ3n) is 6.10. The number of amides is 1. The van der Waals surface area contributed by atoms with Gasteiger partial charge >= 0.3 is 0 Å². The summed E-state index contributed by atoms with van der Waals surface area (Å²) >= 11 is 3.32. The summed E-state index contributed by atoms with van der Waals surface area (Å²) in [7, 11) is 1.41. The van der Waals surface area contributed by atoms with Crippen LogP contribution in [0.1, 0.15) is 42.5 Å². The minimum absolute atomic E-state index is 0.0654. The molecule has 1 aromatic heterocycles. The van der Waals surface area contributed by atoms with Crippen molar-refractivity contribution in [1.29, 1.82) is 0 Å². The molecular formula is C28H27BrN2O6. The number of carbonyl (C=O) groups is 2. The van der Waals surface area contributed by atoms with Gasteiger partial charge < -0.3 is 24.6 Å². The van der Waals surface area contributed by atoms with Crippen molar-refractivity contribution in [2.45, 2.75) is 32.4 Å². The fraction of sp³-hybridized carbons (Fsp3) is 0.250. The number of carbonyl (C=O) groups excluding carboxylic acids is 2. The monoisotopic (exact) mass is 566 g/mol. The third-order valence-corrected chi connectivity index (χ3v) is 6.71. The molecule has 2 heterocycles. The Hall–Kier alpha value is -3.85. The smallest absolute Gasteiger partial charge is 0.295 e. The van der Waals surface area contributed by atoms with Crippen LogP contribution in [0.2, 0.25) is 0 Å². The second-order valence-corrected chi connectivity index (χ2v) is 9.42. The number of likely N-dealkylation sites (tertiary alicyclic amines) is 1. The van der Waals surface area contributed by atoms with Crippen molar-refractivity contribution in [1.82, 2.24) is 9.88 Å². The standard InChI is InChI=1S/C28H27BrN2O6/c1-3-4-12-37-20-7-5-6-18(13-20)25(32)23-24(19-14-21(29)26(33)22(15-19)36-2)31(28(35)27(23)34)16-17-8-10-30-11-9-17/h5-11,13-15,24,32-33H,3-4,12,16H2,1-2H3. The highest BCUT2D eigenvalue weighted by Crippen LogP contribution is 2.45. The number of ether oxygens (including phenoxy) is 2. The van der Waals surface area contributed by atoms with Crippen LogP contribution in [0.3, 0.4) is 0 Å². The number of unbranched alkanes of at least 4 members (excludes halogenated alkanes) is 1. The molecule has 0 bridgehead atoms. The number of nitrogens with zero attached hydrogens (tertiary/aromatic N) is 2. The van der Waals surface area contributed by atoms with Gasteiger partial charge in [0.05, 0.1) is 29.8 Å². The van der Waals surface area contributed by atoms with Crippen LogP contribution in [0.4, 0.5) is 0 Å². The van der Waals surface area contributed by atoms with Gasteiger partial charge in [0.2, 0.25) is 0 Å². The predicted molar refractivity (Wildman–Crippen MR) is 141 cm³/mol. The van der Waals surface area contributed by atoms with Crippen LogP contribution in [0.15, 0.2) is 71.0 Å². The van der Waals surface area contributed by atoms with Gasteiger partial charge in [-0.25, -0.2) is 0 Å². The number of aliphatic hydroxyl groups excluding tert-OH is 1. The van der Waals surface area contributed by atoms with Gasteiger partial charge in [-0.3, -0.25) is 14.6 Å². The van der Waals surface area contributed by atoms with Crippen molar-refractivity contribution in [2.24, 2.45) is 0 Å². The van der Waals surface area contributed by atoms with E-state index < -0.39 is 17.7 Å². The Morgan fingerprint density at radius 3 is 2.59 bits per heavy atom. The molecule has 8 nitrogen and oxygen atoms in total. The average Bonchev–Trinajstić information content (AvgIpc) is 3.15. The Balaban J connectivity index is 1.85. The zero-order valence-corrected chi connectivity index (χ0v) is 22.1. The van der Waals surface area contributed by atoms with Crippen LogP contribution in [0, 0.1) is 0 Å². The third kappa shape index (κ3) is 5.46. The highest BCUT2D eigenvalue weighted by atomic mass is 79.9. The van der Waals surface area contributed by atoms with Gasteiger partial charge in [-0.1, -0.05) is 25.5 Å². The maximum Gasteiger partial charge on any atom is 0.295 e. The largest absolute Gasteiger partial charge is 0.507 e. The van der Waals surface area contributed by atoms with E-state index in [1.807, 2.05) is 0 Å². The average molecular weight is 567 g/mol. The fourth-order valence-electron chi connectivity index (χ4n) is 4.20. The molecule has 2 aromatic carbocycles. The number of benzene rings is 2. The molecule has 1 aliphatic rings. The SMILES string of the molecule is CCCCOc1cccc(C(O)=C2C(=O)C(=O)N(Cc3ccncc3)C2c2cc(Br)c(O)c(OC)c2)c1. The summed E-state index contributed by atoms with van der Waals surface area (Å²) in [6.07, 6.45) is 5.07. The Kier molecular flexibility index (Phi) is 8.13. The van der Waals surface area contributed by atoms with Crippen molar-refractivity contribution < 1.29 is 29.3 Å². The highest BCUT2D eigenvalue weighted by Gasteiger charge is 2.46. The molecule has 9 heteroatoms. The molecule has 37 heavy (non-hydrogen) atoms. The minimum atomic E-state index is -0.941. The molecule has 192 valence electrons. The van der Waals surface area contributed by atoms with E-state index in [2.05, 4.69) is 27.8 Å². The lowest BCUT2D eigenvalue weighted by Gasteiger charge is -2.26. The first-order chi connectivity index (χ1) is 17.8. The molecule has 1 aliphatic heterocycles. The zero-order chi connectivity index (χ0) is 26.5. The Labute approximate surface area is 223 Å². The summed E-state index contributed by atoms with van der Waals surface area (Å²) < 4.78 is 11.4. The van der Waals surface area contributed by atoms with E-state index in [1.54, 1.807) is 60.9 Å². The van der Waals surface area contributed by atoms with E-state index in [0.29, 0.717) is 28.0 Å². The van der Waals surface area contributed by atoms with E-state index in [4.69, 9.17) is 9.47 Å². The zero-order valence-electron chi connectivity index (χ0n) is 20.5. The number of phenolic OH excluding ortho intramolecular Hbond substituents is 1. The number of hydrogen-bond donors (Lipinski definition) is 2. The maximum absolute atomic E-state index is 13.4. The van der Waals surface area contributed by atoms with Crippen molar-refractivity contribution >= 4 is 33.4 Å². The maximum atomic E-state index is 13.4. The van der Waals surface area contributed by atoms with Crippen LogP contribution in [-0.4, -0.2) is 45.5 Å². The van der Waals surface area contributed by atoms with Gasteiger partial charge in [0.25, 0.3) is 11.7 Å². The van der Waals surface area contributed by atoms with E-state index in [1.165, 1.54) is 12.0 Å². The summed E-state index contributed by atoms with van der Waals surface area (Å²) in [5, 5.41) is 21.7. The summed E-state index contributed by atoms with van der Waals surface area (Å²) in [5.41, 5.74) is 1.53. The van der Waals surface area contributed by atoms with Crippen molar-refractivity contribution in [3.63, 3.8) is 0 Å². The molecule has 1 atom stereocenters. The lowest BCUT2D eigenvalue weighted by molar-refractivity contribution is -0.140. The van der Waals surface area contributed by atoms with Crippen LogP contribution in [0.25, 0.3) is 5.76 Å².